The summed E-state index contributed by atoms with van der Waals surface area (Å²) in [4.78, 5) is 12.1. The maximum atomic E-state index is 12.1. The summed E-state index contributed by atoms with van der Waals surface area (Å²) in [7, 11) is 0. The second kappa shape index (κ2) is 5.69. The van der Waals surface area contributed by atoms with Crippen LogP contribution < -0.4 is 10.6 Å². The van der Waals surface area contributed by atoms with Gasteiger partial charge in [0, 0.05) is 24.4 Å². The number of hydrogen-bond acceptors (Lipinski definition) is 2. The van der Waals surface area contributed by atoms with Crippen molar-refractivity contribution in [3.05, 3.63) is 54.1 Å². The minimum absolute atomic E-state index is 0.0878. The molecule has 6 N–H and O–H groups in total. The molecule has 0 radical (unpaired) electrons. The molecule has 4 aromatic rings. The van der Waals surface area contributed by atoms with Gasteiger partial charge in [-0.05, 0) is 35.9 Å². The fourth-order valence-electron chi connectivity index (χ4n) is 2.58. The number of nitrogens with one attached hydrogen (secondary N) is 6. The van der Waals surface area contributed by atoms with Crippen molar-refractivity contribution < 1.29 is 4.79 Å². The van der Waals surface area contributed by atoms with Gasteiger partial charge < -0.3 is 10.6 Å². The Balaban J connectivity index is 1.27. The maximum Gasteiger partial charge on any atom is 0.251 e. The van der Waals surface area contributed by atoms with Crippen molar-refractivity contribution in [1.29, 1.82) is 0 Å². The van der Waals surface area contributed by atoms with E-state index in [1.807, 2.05) is 30.3 Å². The molecule has 7 heteroatoms. The van der Waals surface area contributed by atoms with Gasteiger partial charge in [0.2, 0.25) is 0 Å². The molecule has 0 spiro atoms. The summed E-state index contributed by atoms with van der Waals surface area (Å²) in [6, 6.07) is 11.6. The topological polar surface area (TPSA) is 104 Å². The highest BCUT2D eigenvalue weighted by atomic mass is 16.1. The van der Waals surface area contributed by atoms with Gasteiger partial charge in [-0.2, -0.15) is 0 Å². The van der Waals surface area contributed by atoms with Crippen LogP contribution in [-0.4, -0.2) is 39.4 Å². The second-order valence-corrected chi connectivity index (χ2v) is 5.68. The number of fused-ring (bicyclic) bond motifs is 2. The molecule has 2 aromatic heterocycles. The van der Waals surface area contributed by atoms with Crippen LogP contribution in [0.3, 0.4) is 0 Å². The lowest BCUT2D eigenvalue weighted by Crippen LogP contribution is -2.31. The fourth-order valence-corrected chi connectivity index (χ4v) is 2.58. The fraction of sp³-hybridized carbons (Fsp3) is 0.118. The van der Waals surface area contributed by atoms with Crippen LogP contribution >= 0.6 is 0 Å². The van der Waals surface area contributed by atoms with Gasteiger partial charge in [-0.15, -0.1) is 0 Å². The molecule has 1 amide bonds. The van der Waals surface area contributed by atoms with Crippen LogP contribution in [0.5, 0.6) is 0 Å². The van der Waals surface area contributed by atoms with E-state index in [4.69, 9.17) is 0 Å². The molecule has 0 aliphatic carbocycles. The first-order chi connectivity index (χ1) is 11.7. The zero-order chi connectivity index (χ0) is 16.5. The third-order valence-corrected chi connectivity index (χ3v) is 4.06. The van der Waals surface area contributed by atoms with Gasteiger partial charge in [-0.3, -0.25) is 25.2 Å². The number of aromatic nitrogens is 4. The Morgan fingerprint density at radius 2 is 1.33 bits per heavy atom. The van der Waals surface area contributed by atoms with Crippen LogP contribution in [-0.2, 0) is 0 Å². The molecule has 2 aromatic carbocycles. The minimum atomic E-state index is -0.0878. The Morgan fingerprint density at radius 3 is 1.92 bits per heavy atom. The summed E-state index contributed by atoms with van der Waals surface area (Å²) in [5, 5.41) is 18.0. The summed E-state index contributed by atoms with van der Waals surface area (Å²) >= 11 is 0. The zero-order valence-electron chi connectivity index (χ0n) is 13.0. The Bertz CT molecular complexity index is 932. The molecular formula is C17H18N6O. The number of benzene rings is 2. The van der Waals surface area contributed by atoms with Crippen molar-refractivity contribution in [2.45, 2.75) is 0 Å². The summed E-state index contributed by atoms with van der Waals surface area (Å²) in [6.45, 7) is 5.16. The lowest BCUT2D eigenvalue weighted by Gasteiger charge is -2.12. The molecule has 4 rings (SSSR count). The average molecular weight is 322 g/mol. The van der Waals surface area contributed by atoms with Gasteiger partial charge >= 0.3 is 0 Å². The van der Waals surface area contributed by atoms with Crippen LogP contribution in [0.25, 0.3) is 27.8 Å². The van der Waals surface area contributed by atoms with Crippen molar-refractivity contribution >= 4 is 33.7 Å². The summed E-state index contributed by atoms with van der Waals surface area (Å²) in [5.74, 6) is -0.0878. The van der Waals surface area contributed by atoms with Crippen LogP contribution in [0.2, 0.25) is 0 Å². The Labute approximate surface area is 137 Å². The van der Waals surface area contributed by atoms with E-state index in [-0.39, 0.29) is 5.91 Å². The molecule has 0 aliphatic rings. The van der Waals surface area contributed by atoms with Gasteiger partial charge in [0.25, 0.3) is 5.91 Å². The van der Waals surface area contributed by atoms with Crippen molar-refractivity contribution in [3.63, 3.8) is 0 Å². The van der Waals surface area contributed by atoms with Gasteiger partial charge in [0.05, 0.1) is 22.1 Å². The first-order valence-corrected chi connectivity index (χ1v) is 7.74. The molecule has 2 heterocycles. The highest BCUT2D eigenvalue weighted by molar-refractivity contribution is 5.97. The van der Waals surface area contributed by atoms with Gasteiger partial charge in [0.15, 0.2) is 0 Å². The van der Waals surface area contributed by atoms with Crippen molar-refractivity contribution in [3.8, 4) is 0 Å². The van der Waals surface area contributed by atoms with Gasteiger partial charge in [-0.1, -0.05) is 12.6 Å². The van der Waals surface area contributed by atoms with E-state index in [0.29, 0.717) is 18.7 Å². The van der Waals surface area contributed by atoms with E-state index in [1.165, 1.54) is 0 Å². The molecule has 122 valence electrons. The van der Waals surface area contributed by atoms with Gasteiger partial charge in [-0.25, -0.2) is 0 Å². The maximum absolute atomic E-state index is 12.1. The Kier molecular flexibility index (Phi) is 3.38. The number of amides is 1. The predicted molar refractivity (Wildman–Crippen MR) is 94.7 cm³/mol. The number of H-pyrrole nitrogens is 4. The molecule has 0 fully saturated rings. The molecule has 0 saturated heterocycles. The molecule has 0 bridgehead atoms. The number of carbonyl (C=O) groups is 1. The highest BCUT2D eigenvalue weighted by Gasteiger charge is 2.07. The summed E-state index contributed by atoms with van der Waals surface area (Å²) < 4.78 is 0. The van der Waals surface area contributed by atoms with Crippen LogP contribution in [0, 0.1) is 0 Å². The number of hydrogen-bond donors (Lipinski definition) is 6. The van der Waals surface area contributed by atoms with E-state index in [1.54, 1.807) is 6.07 Å². The highest BCUT2D eigenvalue weighted by Crippen LogP contribution is 2.17. The number of carbonyl (C=O) groups excluding carboxylic acids is 1. The molecule has 0 atom stereocenters. The molecule has 0 aliphatic heterocycles. The third-order valence-electron chi connectivity index (χ3n) is 4.06. The average Bonchev–Trinajstić information content (AvgIpc) is 2.53. The molecule has 0 unspecified atom stereocenters. The number of aromatic amines is 4. The van der Waals surface area contributed by atoms with Crippen molar-refractivity contribution in [1.82, 2.24) is 31.0 Å². The Hall–Kier alpha value is -3.35. The van der Waals surface area contributed by atoms with E-state index >= 15 is 0 Å². The lowest BCUT2D eigenvalue weighted by molar-refractivity contribution is 0.0954. The van der Waals surface area contributed by atoms with E-state index < -0.39 is 0 Å². The SMILES string of the molecule is C=C(NCCNC(=O)c1ccc2[nH][nH]c2c1)c1ccc2[nH][nH]c2c1. The Morgan fingerprint density at radius 1 is 0.792 bits per heavy atom. The molecule has 7 nitrogen and oxygen atoms in total. The number of rotatable bonds is 6. The van der Waals surface area contributed by atoms with Gasteiger partial charge in [0.1, 0.15) is 0 Å². The normalized spacial score (nSPS) is 11.2. The largest absolute Gasteiger partial charge is 0.383 e. The monoisotopic (exact) mass is 322 g/mol. The standard InChI is InChI=1S/C17H18N6O/c1-10(11-2-4-13-15(8-11)22-20-13)18-6-7-19-17(24)12-3-5-14-16(9-12)23-21-14/h2-5,8-9,18,20-23H,1,6-7H2,(H,19,24). The minimum Gasteiger partial charge on any atom is -0.383 e. The van der Waals surface area contributed by atoms with Crippen molar-refractivity contribution in [2.24, 2.45) is 0 Å². The summed E-state index contributed by atoms with van der Waals surface area (Å²) in [5.41, 5.74) is 6.59. The quantitative estimate of drug-likeness (QED) is 0.307. The first kappa shape index (κ1) is 14.3. The molecule has 24 heavy (non-hydrogen) atoms. The molecular weight excluding hydrogens is 304 g/mol. The molecule has 0 saturated carbocycles. The van der Waals surface area contributed by atoms with Crippen LogP contribution in [0.1, 0.15) is 15.9 Å². The first-order valence-electron chi connectivity index (χ1n) is 7.74. The van der Waals surface area contributed by atoms with E-state index in [0.717, 1.165) is 33.3 Å². The van der Waals surface area contributed by atoms with Crippen LogP contribution in [0.4, 0.5) is 0 Å². The second-order valence-electron chi connectivity index (χ2n) is 5.68. The van der Waals surface area contributed by atoms with Crippen molar-refractivity contribution in [2.75, 3.05) is 13.1 Å². The predicted octanol–water partition coefficient (Wildman–Crippen LogP) is 2.30. The lowest BCUT2D eigenvalue weighted by atomic mass is 10.1. The summed E-state index contributed by atoms with van der Waals surface area (Å²) in [6.07, 6.45) is 0. The van der Waals surface area contributed by atoms with E-state index in [2.05, 4.69) is 37.6 Å². The van der Waals surface area contributed by atoms with Crippen LogP contribution in [0.15, 0.2) is 43.0 Å². The zero-order valence-corrected chi connectivity index (χ0v) is 13.0. The third kappa shape index (κ3) is 2.56. The smallest absolute Gasteiger partial charge is 0.251 e. The van der Waals surface area contributed by atoms with E-state index in [9.17, 15) is 4.79 Å².